The van der Waals surface area contributed by atoms with Gasteiger partial charge in [-0.15, -0.1) is 11.3 Å². The summed E-state index contributed by atoms with van der Waals surface area (Å²) in [5, 5.41) is 0. The van der Waals surface area contributed by atoms with Gasteiger partial charge in [-0.3, -0.25) is 0 Å². The molecule has 1 aliphatic carbocycles. The van der Waals surface area contributed by atoms with Crippen LogP contribution in [0.5, 0.6) is 0 Å². The molecule has 2 heteroatoms. The van der Waals surface area contributed by atoms with Gasteiger partial charge >= 0.3 is 0 Å². The predicted molar refractivity (Wildman–Crippen MR) is 53.6 cm³/mol. The molecule has 1 saturated carbocycles. The second-order valence-electron chi connectivity index (χ2n) is 3.50. The molecule has 1 heterocycles. The van der Waals surface area contributed by atoms with Gasteiger partial charge in [0, 0.05) is 9.75 Å². The SMILES string of the molecule is CCc1ccc(C2CC2CN)s1. The maximum atomic E-state index is 5.61. The molecule has 1 aromatic heterocycles. The maximum absolute atomic E-state index is 5.61. The van der Waals surface area contributed by atoms with E-state index in [4.69, 9.17) is 5.73 Å². The number of rotatable bonds is 3. The van der Waals surface area contributed by atoms with Crippen LogP contribution in [0.15, 0.2) is 12.1 Å². The van der Waals surface area contributed by atoms with Crippen LogP contribution < -0.4 is 5.73 Å². The van der Waals surface area contributed by atoms with Crippen molar-refractivity contribution in [2.45, 2.75) is 25.7 Å². The fourth-order valence-electron chi connectivity index (χ4n) is 1.64. The molecule has 0 amide bonds. The van der Waals surface area contributed by atoms with E-state index in [0.717, 1.165) is 18.4 Å². The summed E-state index contributed by atoms with van der Waals surface area (Å²) in [6.07, 6.45) is 2.49. The largest absolute Gasteiger partial charge is 0.330 e. The second-order valence-corrected chi connectivity index (χ2v) is 4.70. The third-order valence-electron chi connectivity index (χ3n) is 2.62. The van der Waals surface area contributed by atoms with Crippen LogP contribution in [0.2, 0.25) is 0 Å². The Balaban J connectivity index is 2.05. The van der Waals surface area contributed by atoms with E-state index in [1.54, 1.807) is 4.88 Å². The van der Waals surface area contributed by atoms with Crippen molar-refractivity contribution in [2.75, 3.05) is 6.54 Å². The van der Waals surface area contributed by atoms with Crippen molar-refractivity contribution in [3.05, 3.63) is 21.9 Å². The van der Waals surface area contributed by atoms with Crippen molar-refractivity contribution in [3.8, 4) is 0 Å². The molecule has 1 aromatic rings. The minimum Gasteiger partial charge on any atom is -0.330 e. The Morgan fingerprint density at radius 1 is 1.58 bits per heavy atom. The minimum atomic E-state index is 0.786. The highest BCUT2D eigenvalue weighted by molar-refractivity contribution is 7.12. The molecule has 0 aromatic carbocycles. The van der Waals surface area contributed by atoms with E-state index in [1.165, 1.54) is 17.7 Å². The van der Waals surface area contributed by atoms with Gasteiger partial charge in [0.25, 0.3) is 0 Å². The second kappa shape index (κ2) is 3.19. The molecule has 2 N–H and O–H groups in total. The molecule has 2 atom stereocenters. The molecule has 0 saturated heterocycles. The Morgan fingerprint density at radius 2 is 2.42 bits per heavy atom. The van der Waals surface area contributed by atoms with Gasteiger partial charge in [-0.05, 0) is 43.4 Å². The summed E-state index contributed by atoms with van der Waals surface area (Å²) >= 11 is 1.97. The predicted octanol–water partition coefficient (Wildman–Crippen LogP) is 2.37. The molecule has 2 unspecified atom stereocenters. The molecule has 0 spiro atoms. The zero-order chi connectivity index (χ0) is 8.55. The van der Waals surface area contributed by atoms with Gasteiger partial charge in [-0.25, -0.2) is 0 Å². The molecule has 0 radical (unpaired) electrons. The molecular formula is C10H15NS. The minimum absolute atomic E-state index is 0.786. The van der Waals surface area contributed by atoms with Crippen LogP contribution in [0.25, 0.3) is 0 Å². The van der Waals surface area contributed by atoms with Crippen molar-refractivity contribution < 1.29 is 0 Å². The Kier molecular flexibility index (Phi) is 2.20. The summed E-state index contributed by atoms with van der Waals surface area (Å²) in [7, 11) is 0. The van der Waals surface area contributed by atoms with Crippen molar-refractivity contribution >= 4 is 11.3 Å². The lowest BCUT2D eigenvalue weighted by molar-refractivity contribution is 0.815. The zero-order valence-electron chi connectivity index (χ0n) is 7.42. The Bertz CT molecular complexity index is 267. The van der Waals surface area contributed by atoms with Crippen molar-refractivity contribution in [1.29, 1.82) is 0 Å². The van der Waals surface area contributed by atoms with Gasteiger partial charge < -0.3 is 5.73 Å². The van der Waals surface area contributed by atoms with Gasteiger partial charge in [-0.2, -0.15) is 0 Å². The third-order valence-corrected chi connectivity index (χ3v) is 3.98. The average molecular weight is 181 g/mol. The van der Waals surface area contributed by atoms with Crippen molar-refractivity contribution in [2.24, 2.45) is 11.7 Å². The lowest BCUT2D eigenvalue weighted by Crippen LogP contribution is -2.01. The van der Waals surface area contributed by atoms with Crippen LogP contribution in [0, 0.1) is 5.92 Å². The van der Waals surface area contributed by atoms with Gasteiger partial charge in [0.1, 0.15) is 0 Å². The summed E-state index contributed by atoms with van der Waals surface area (Å²) in [4.78, 5) is 3.06. The van der Waals surface area contributed by atoms with E-state index in [-0.39, 0.29) is 0 Å². The van der Waals surface area contributed by atoms with Gasteiger partial charge in [0.15, 0.2) is 0 Å². The van der Waals surface area contributed by atoms with Gasteiger partial charge in [-0.1, -0.05) is 6.92 Å². The van der Waals surface area contributed by atoms with E-state index in [2.05, 4.69) is 19.1 Å². The number of hydrogen-bond acceptors (Lipinski definition) is 2. The highest BCUT2D eigenvalue weighted by Crippen LogP contribution is 2.48. The fraction of sp³-hybridized carbons (Fsp3) is 0.600. The fourth-order valence-corrected chi connectivity index (χ4v) is 2.80. The standard InChI is InChI=1S/C10H15NS/c1-2-8-3-4-10(12-8)9-5-7(9)6-11/h3-4,7,9H,2,5-6,11H2,1H3. The summed E-state index contributed by atoms with van der Waals surface area (Å²) in [5.74, 6) is 1.59. The Hall–Kier alpha value is -0.340. The van der Waals surface area contributed by atoms with Gasteiger partial charge in [0.2, 0.25) is 0 Å². The molecule has 12 heavy (non-hydrogen) atoms. The molecular weight excluding hydrogens is 166 g/mol. The van der Waals surface area contributed by atoms with Crippen LogP contribution in [0.4, 0.5) is 0 Å². The molecule has 1 nitrogen and oxygen atoms in total. The average Bonchev–Trinajstić information content (AvgIpc) is 2.75. The first-order chi connectivity index (χ1) is 5.85. The maximum Gasteiger partial charge on any atom is 0.00824 e. The summed E-state index contributed by atoms with van der Waals surface area (Å²) < 4.78 is 0. The summed E-state index contributed by atoms with van der Waals surface area (Å²) in [6.45, 7) is 3.08. The molecule has 1 aliphatic rings. The first-order valence-electron chi connectivity index (χ1n) is 4.63. The monoisotopic (exact) mass is 181 g/mol. The van der Waals surface area contributed by atoms with E-state index in [0.29, 0.717) is 0 Å². The number of aryl methyl sites for hydroxylation is 1. The number of nitrogens with two attached hydrogens (primary N) is 1. The summed E-state index contributed by atoms with van der Waals surface area (Å²) in [5.41, 5.74) is 5.61. The van der Waals surface area contributed by atoms with Crippen molar-refractivity contribution in [3.63, 3.8) is 0 Å². The van der Waals surface area contributed by atoms with Crippen molar-refractivity contribution in [1.82, 2.24) is 0 Å². The van der Waals surface area contributed by atoms with Crippen LogP contribution in [-0.2, 0) is 6.42 Å². The van der Waals surface area contributed by atoms with Crippen LogP contribution in [0.1, 0.15) is 29.0 Å². The number of thiophene rings is 1. The third kappa shape index (κ3) is 1.41. The Labute approximate surface area is 77.6 Å². The lowest BCUT2D eigenvalue weighted by atomic mass is 10.2. The Morgan fingerprint density at radius 3 is 2.92 bits per heavy atom. The first-order valence-corrected chi connectivity index (χ1v) is 5.45. The van der Waals surface area contributed by atoms with E-state index in [9.17, 15) is 0 Å². The van der Waals surface area contributed by atoms with E-state index >= 15 is 0 Å². The van der Waals surface area contributed by atoms with Gasteiger partial charge in [0.05, 0.1) is 0 Å². The smallest absolute Gasteiger partial charge is 0.00824 e. The zero-order valence-corrected chi connectivity index (χ0v) is 8.23. The van der Waals surface area contributed by atoms with Crippen LogP contribution >= 0.6 is 11.3 Å². The topological polar surface area (TPSA) is 26.0 Å². The highest BCUT2D eigenvalue weighted by atomic mass is 32.1. The van der Waals surface area contributed by atoms with E-state index < -0.39 is 0 Å². The quantitative estimate of drug-likeness (QED) is 0.761. The van der Waals surface area contributed by atoms with Crippen LogP contribution in [0.3, 0.4) is 0 Å². The highest BCUT2D eigenvalue weighted by Gasteiger charge is 2.37. The van der Waals surface area contributed by atoms with E-state index in [1.807, 2.05) is 11.3 Å². The lowest BCUT2D eigenvalue weighted by Gasteiger charge is -1.91. The first kappa shape index (κ1) is 8.27. The molecule has 1 fully saturated rings. The van der Waals surface area contributed by atoms with Crippen LogP contribution in [-0.4, -0.2) is 6.54 Å². The molecule has 0 bridgehead atoms. The summed E-state index contributed by atoms with van der Waals surface area (Å²) in [6, 6.07) is 4.54. The molecule has 66 valence electrons. The molecule has 0 aliphatic heterocycles. The normalized spacial score (nSPS) is 27.5. The molecule has 2 rings (SSSR count). The number of hydrogen-bond donors (Lipinski definition) is 1.